The molecule has 210 valence electrons. The summed E-state index contributed by atoms with van der Waals surface area (Å²) in [5.74, 6) is -2.37. The lowest BCUT2D eigenvalue weighted by molar-refractivity contribution is -0.148. The van der Waals surface area contributed by atoms with Gasteiger partial charge in [0.1, 0.15) is 18.6 Å². The van der Waals surface area contributed by atoms with E-state index in [1.807, 2.05) is 54.6 Å². The standard InChI is InChI=1S/C29H37N3O6S/c30-24(29(37)38)15-16-26(33)31-25(28(36)32(17-27(34)35)23-9-5-2-6-10-23)19-39-18-20-11-13-22(14-12-20)21-7-3-1-4-8-21/h1,3-4,7-8,11-14,23-25H,2,5-6,9-10,15-19,30H2,(H,31,33)(H,34,35)(H,37,38)/t24-,25-/m0/s1. The molecule has 9 nitrogen and oxygen atoms in total. The second kappa shape index (κ2) is 15.3. The number of carboxylic acids is 2. The predicted molar refractivity (Wildman–Crippen MR) is 151 cm³/mol. The molecule has 0 bridgehead atoms. The van der Waals surface area contributed by atoms with Crippen molar-refractivity contribution in [3.8, 4) is 11.1 Å². The molecule has 2 aromatic carbocycles. The molecule has 10 heteroatoms. The second-order valence-electron chi connectivity index (χ2n) is 9.83. The molecule has 2 amide bonds. The van der Waals surface area contributed by atoms with Crippen molar-refractivity contribution >= 4 is 35.5 Å². The molecular formula is C29H37N3O6S. The van der Waals surface area contributed by atoms with Gasteiger partial charge in [0.05, 0.1) is 0 Å². The van der Waals surface area contributed by atoms with Crippen LogP contribution in [0.1, 0.15) is 50.5 Å². The van der Waals surface area contributed by atoms with Crippen LogP contribution in [0.5, 0.6) is 0 Å². The molecule has 2 atom stereocenters. The highest BCUT2D eigenvalue weighted by molar-refractivity contribution is 7.98. The van der Waals surface area contributed by atoms with Gasteiger partial charge in [-0.25, -0.2) is 0 Å². The van der Waals surface area contributed by atoms with E-state index in [1.165, 1.54) is 16.7 Å². The third kappa shape index (κ3) is 9.71. The number of carbonyl (C=O) groups is 4. The van der Waals surface area contributed by atoms with Crippen LogP contribution in [-0.4, -0.2) is 69.3 Å². The number of carbonyl (C=O) groups excluding carboxylic acids is 2. The van der Waals surface area contributed by atoms with Crippen molar-refractivity contribution in [2.45, 2.75) is 68.8 Å². The van der Waals surface area contributed by atoms with Crippen molar-refractivity contribution in [2.24, 2.45) is 5.73 Å². The largest absolute Gasteiger partial charge is 0.480 e. The van der Waals surface area contributed by atoms with E-state index >= 15 is 0 Å². The summed E-state index contributed by atoms with van der Waals surface area (Å²) in [6.07, 6.45) is 4.14. The van der Waals surface area contributed by atoms with Gasteiger partial charge in [-0.3, -0.25) is 19.2 Å². The van der Waals surface area contributed by atoms with Crippen LogP contribution >= 0.6 is 11.8 Å². The van der Waals surface area contributed by atoms with Gasteiger partial charge in [-0.15, -0.1) is 0 Å². The molecule has 1 aliphatic carbocycles. The lowest BCUT2D eigenvalue weighted by Crippen LogP contribution is -2.54. The van der Waals surface area contributed by atoms with Crippen LogP contribution in [-0.2, 0) is 24.9 Å². The van der Waals surface area contributed by atoms with Crippen molar-refractivity contribution < 1.29 is 29.4 Å². The van der Waals surface area contributed by atoms with Gasteiger partial charge >= 0.3 is 11.9 Å². The minimum atomic E-state index is -1.20. The molecule has 5 N–H and O–H groups in total. The van der Waals surface area contributed by atoms with E-state index < -0.39 is 42.4 Å². The van der Waals surface area contributed by atoms with Crippen molar-refractivity contribution in [3.63, 3.8) is 0 Å². The van der Waals surface area contributed by atoms with Crippen LogP contribution in [0.15, 0.2) is 54.6 Å². The fourth-order valence-electron chi connectivity index (χ4n) is 4.70. The molecule has 39 heavy (non-hydrogen) atoms. The normalized spacial score (nSPS) is 15.2. The van der Waals surface area contributed by atoms with E-state index in [-0.39, 0.29) is 24.6 Å². The van der Waals surface area contributed by atoms with Crippen LogP contribution < -0.4 is 11.1 Å². The molecule has 0 unspecified atom stereocenters. The molecule has 0 spiro atoms. The lowest BCUT2D eigenvalue weighted by atomic mass is 9.93. The molecule has 2 aromatic rings. The van der Waals surface area contributed by atoms with Gasteiger partial charge in [0, 0.05) is 24.0 Å². The van der Waals surface area contributed by atoms with Gasteiger partial charge in [0.2, 0.25) is 11.8 Å². The fourth-order valence-corrected chi connectivity index (χ4v) is 5.70. The number of thioether (sulfide) groups is 1. The minimum Gasteiger partial charge on any atom is -0.480 e. The summed E-state index contributed by atoms with van der Waals surface area (Å²) in [6, 6.07) is 15.9. The van der Waals surface area contributed by atoms with Gasteiger partial charge < -0.3 is 26.2 Å². The Kier molecular flexibility index (Phi) is 11.8. The Balaban J connectivity index is 1.68. The zero-order chi connectivity index (χ0) is 28.2. The van der Waals surface area contributed by atoms with Crippen molar-refractivity contribution in [1.82, 2.24) is 10.2 Å². The Morgan fingerprint density at radius 1 is 0.949 bits per heavy atom. The van der Waals surface area contributed by atoms with Gasteiger partial charge in [0.25, 0.3) is 0 Å². The van der Waals surface area contributed by atoms with Crippen LogP contribution in [0.4, 0.5) is 0 Å². The Labute approximate surface area is 233 Å². The fraction of sp³-hybridized carbons (Fsp3) is 0.448. The zero-order valence-electron chi connectivity index (χ0n) is 22.0. The number of aliphatic carboxylic acids is 2. The average Bonchev–Trinajstić information content (AvgIpc) is 2.95. The third-order valence-electron chi connectivity index (χ3n) is 6.85. The summed E-state index contributed by atoms with van der Waals surface area (Å²) in [5, 5.41) is 21.2. The highest BCUT2D eigenvalue weighted by Crippen LogP contribution is 2.25. The average molecular weight is 556 g/mol. The Morgan fingerprint density at radius 3 is 2.21 bits per heavy atom. The zero-order valence-corrected chi connectivity index (χ0v) is 22.8. The molecule has 1 saturated carbocycles. The van der Waals surface area contributed by atoms with Gasteiger partial charge in [-0.2, -0.15) is 11.8 Å². The van der Waals surface area contributed by atoms with Gasteiger partial charge in [-0.05, 0) is 36.0 Å². The van der Waals surface area contributed by atoms with E-state index in [1.54, 1.807) is 0 Å². The molecule has 0 heterocycles. The van der Waals surface area contributed by atoms with Crippen LogP contribution in [0, 0.1) is 0 Å². The van der Waals surface area contributed by atoms with Crippen molar-refractivity contribution in [1.29, 1.82) is 0 Å². The highest BCUT2D eigenvalue weighted by atomic mass is 32.2. The van der Waals surface area contributed by atoms with Crippen LogP contribution in [0.25, 0.3) is 11.1 Å². The van der Waals surface area contributed by atoms with Gasteiger partial charge in [-0.1, -0.05) is 73.9 Å². The molecule has 0 radical (unpaired) electrons. The third-order valence-corrected chi connectivity index (χ3v) is 7.96. The van der Waals surface area contributed by atoms with Gasteiger partial charge in [0.15, 0.2) is 0 Å². The number of nitrogens with two attached hydrogens (primary N) is 1. The minimum absolute atomic E-state index is 0.0650. The van der Waals surface area contributed by atoms with Crippen LogP contribution in [0.2, 0.25) is 0 Å². The summed E-state index contributed by atoms with van der Waals surface area (Å²) in [5.41, 5.74) is 8.80. The van der Waals surface area contributed by atoms with Crippen molar-refractivity contribution in [3.05, 3.63) is 60.2 Å². The number of nitrogens with one attached hydrogen (secondary N) is 1. The smallest absolute Gasteiger partial charge is 0.323 e. The Hall–Kier alpha value is -3.37. The molecule has 0 aliphatic heterocycles. The lowest BCUT2D eigenvalue weighted by Gasteiger charge is -2.35. The molecule has 0 aromatic heterocycles. The molecule has 1 fully saturated rings. The first kappa shape index (κ1) is 30.2. The molecular weight excluding hydrogens is 518 g/mol. The van der Waals surface area contributed by atoms with Crippen LogP contribution in [0.3, 0.4) is 0 Å². The number of carboxylic acid groups (broad SMARTS) is 2. The maximum atomic E-state index is 13.6. The summed E-state index contributed by atoms with van der Waals surface area (Å²) in [7, 11) is 0. The first-order chi connectivity index (χ1) is 18.7. The molecule has 1 aliphatic rings. The van der Waals surface area contributed by atoms with E-state index in [2.05, 4.69) is 5.32 Å². The number of hydrogen-bond donors (Lipinski definition) is 4. The van der Waals surface area contributed by atoms with E-state index in [0.717, 1.165) is 48.8 Å². The summed E-state index contributed by atoms with van der Waals surface area (Å²) in [4.78, 5) is 50.3. The maximum absolute atomic E-state index is 13.6. The number of amides is 2. The summed E-state index contributed by atoms with van der Waals surface area (Å²) in [6.45, 7) is -0.425. The summed E-state index contributed by atoms with van der Waals surface area (Å²) < 4.78 is 0. The monoisotopic (exact) mass is 555 g/mol. The highest BCUT2D eigenvalue weighted by Gasteiger charge is 2.33. The SMILES string of the molecule is N[C@@H](CCC(=O)N[C@@H](CSCc1ccc(-c2ccccc2)cc1)C(=O)N(CC(=O)O)C1CCCCC1)C(=O)O. The number of benzene rings is 2. The number of hydrogen-bond acceptors (Lipinski definition) is 6. The predicted octanol–water partition coefficient (Wildman–Crippen LogP) is 3.51. The van der Waals surface area contributed by atoms with E-state index in [4.69, 9.17) is 10.8 Å². The molecule has 3 rings (SSSR count). The first-order valence-corrected chi connectivity index (χ1v) is 14.4. The van der Waals surface area contributed by atoms with Crippen molar-refractivity contribution in [2.75, 3.05) is 12.3 Å². The number of nitrogens with zero attached hydrogens (tertiary/aromatic N) is 1. The topological polar surface area (TPSA) is 150 Å². The van der Waals surface area contributed by atoms with E-state index in [9.17, 15) is 24.3 Å². The second-order valence-corrected chi connectivity index (χ2v) is 10.9. The number of rotatable bonds is 14. The Morgan fingerprint density at radius 2 is 1.59 bits per heavy atom. The Bertz CT molecular complexity index is 1110. The first-order valence-electron chi connectivity index (χ1n) is 13.3. The maximum Gasteiger partial charge on any atom is 0.323 e. The van der Waals surface area contributed by atoms with E-state index in [0.29, 0.717) is 5.75 Å². The molecule has 0 saturated heterocycles. The summed E-state index contributed by atoms with van der Waals surface area (Å²) >= 11 is 1.47. The quantitative estimate of drug-likeness (QED) is 0.277.